The van der Waals surface area contributed by atoms with Gasteiger partial charge in [0.1, 0.15) is 0 Å². The molecule has 3 unspecified atom stereocenters. The van der Waals surface area contributed by atoms with Crippen molar-refractivity contribution in [1.82, 2.24) is 9.80 Å². The number of nitrogens with zero attached hydrogens (tertiary/aromatic N) is 2. The molecule has 0 spiro atoms. The maximum Gasteiger partial charge on any atom is 0.0690 e. The van der Waals surface area contributed by atoms with E-state index in [4.69, 9.17) is 10.5 Å². The van der Waals surface area contributed by atoms with Crippen LogP contribution in [-0.2, 0) is 4.74 Å². The lowest BCUT2D eigenvalue weighted by Crippen LogP contribution is -2.80. The van der Waals surface area contributed by atoms with Crippen LogP contribution in [-0.4, -0.2) is 67.8 Å². The topological polar surface area (TPSA) is 41.7 Å². The number of likely N-dealkylation sites (tertiary alicyclic amines) is 1. The Labute approximate surface area is 130 Å². The third-order valence-electron chi connectivity index (χ3n) is 6.67. The zero-order valence-corrected chi connectivity index (χ0v) is 14.3. The number of hydrogen-bond acceptors (Lipinski definition) is 4. The van der Waals surface area contributed by atoms with E-state index in [1.165, 1.54) is 38.8 Å². The zero-order chi connectivity index (χ0) is 15.3. The van der Waals surface area contributed by atoms with Gasteiger partial charge in [0.15, 0.2) is 0 Å². The lowest BCUT2D eigenvalue weighted by atomic mass is 9.46. The Kier molecular flexibility index (Phi) is 4.11. The maximum absolute atomic E-state index is 6.93. The summed E-state index contributed by atoms with van der Waals surface area (Å²) in [6.07, 6.45) is 5.36. The highest BCUT2D eigenvalue weighted by Gasteiger charge is 2.66. The monoisotopic (exact) mass is 295 g/mol. The van der Waals surface area contributed by atoms with Gasteiger partial charge in [0.05, 0.1) is 6.10 Å². The van der Waals surface area contributed by atoms with Crippen molar-refractivity contribution >= 4 is 0 Å². The van der Waals surface area contributed by atoms with E-state index in [2.05, 4.69) is 37.7 Å². The minimum Gasteiger partial charge on any atom is -0.377 e. The van der Waals surface area contributed by atoms with Gasteiger partial charge >= 0.3 is 0 Å². The number of nitrogens with two attached hydrogens (primary N) is 1. The first-order chi connectivity index (χ1) is 9.86. The van der Waals surface area contributed by atoms with Gasteiger partial charge in [-0.05, 0) is 52.9 Å². The Morgan fingerprint density at radius 1 is 1.19 bits per heavy atom. The molecule has 2 saturated heterocycles. The van der Waals surface area contributed by atoms with Gasteiger partial charge in [0.2, 0.25) is 0 Å². The largest absolute Gasteiger partial charge is 0.377 e. The standard InChI is InChI=1S/C17H33N3O/c1-16(2)15-14(6-5-11-21-15)17(16,18)12-20-9-7-13(8-10-20)19(3)4/h13-15H,5-12,18H2,1-4H3. The molecular formula is C17H33N3O. The van der Waals surface area contributed by atoms with E-state index in [1.807, 2.05) is 0 Å². The summed E-state index contributed by atoms with van der Waals surface area (Å²) in [5.74, 6) is 0.563. The highest BCUT2D eigenvalue weighted by atomic mass is 16.5. The lowest BCUT2D eigenvalue weighted by Gasteiger charge is -2.67. The van der Waals surface area contributed by atoms with Gasteiger partial charge in [0, 0.05) is 36.1 Å². The summed E-state index contributed by atoms with van der Waals surface area (Å²) in [5.41, 5.74) is 6.97. The van der Waals surface area contributed by atoms with E-state index in [0.717, 1.165) is 19.2 Å². The van der Waals surface area contributed by atoms with Crippen LogP contribution >= 0.6 is 0 Å². The number of hydrogen-bond donors (Lipinski definition) is 1. The molecular weight excluding hydrogens is 262 g/mol. The highest BCUT2D eigenvalue weighted by Crippen LogP contribution is 2.57. The van der Waals surface area contributed by atoms with Crippen LogP contribution in [0.15, 0.2) is 0 Å². The van der Waals surface area contributed by atoms with Crippen molar-refractivity contribution in [3.63, 3.8) is 0 Å². The summed E-state index contributed by atoms with van der Waals surface area (Å²) in [5, 5.41) is 0. The first-order valence-corrected chi connectivity index (χ1v) is 8.65. The SMILES string of the molecule is CN(C)C1CCN(CC2(N)C3CCCOC3C2(C)C)CC1. The normalized spacial score (nSPS) is 40.9. The Balaban J connectivity index is 1.62. The number of piperidine rings is 1. The van der Waals surface area contributed by atoms with E-state index in [0.29, 0.717) is 12.0 Å². The second-order valence-corrected chi connectivity index (χ2v) is 8.27. The van der Waals surface area contributed by atoms with E-state index >= 15 is 0 Å². The van der Waals surface area contributed by atoms with Crippen LogP contribution in [0.4, 0.5) is 0 Å². The van der Waals surface area contributed by atoms with Gasteiger partial charge in [-0.15, -0.1) is 0 Å². The first kappa shape index (κ1) is 15.7. The predicted molar refractivity (Wildman–Crippen MR) is 86.3 cm³/mol. The molecule has 2 N–H and O–H groups in total. The molecule has 1 aliphatic carbocycles. The van der Waals surface area contributed by atoms with Gasteiger partial charge in [-0.1, -0.05) is 13.8 Å². The van der Waals surface area contributed by atoms with Crippen molar-refractivity contribution in [3.05, 3.63) is 0 Å². The van der Waals surface area contributed by atoms with Crippen molar-refractivity contribution in [2.24, 2.45) is 17.1 Å². The lowest BCUT2D eigenvalue weighted by molar-refractivity contribution is -0.232. The van der Waals surface area contributed by atoms with Crippen LogP contribution in [0.25, 0.3) is 0 Å². The number of ether oxygens (including phenoxy) is 1. The van der Waals surface area contributed by atoms with Gasteiger partial charge in [-0.2, -0.15) is 0 Å². The van der Waals surface area contributed by atoms with Gasteiger partial charge in [0.25, 0.3) is 0 Å². The molecule has 2 heterocycles. The maximum atomic E-state index is 6.93. The van der Waals surface area contributed by atoms with Gasteiger partial charge in [-0.3, -0.25) is 0 Å². The highest BCUT2D eigenvalue weighted by molar-refractivity contribution is 5.21. The van der Waals surface area contributed by atoms with Crippen LogP contribution in [0.5, 0.6) is 0 Å². The molecule has 0 aromatic heterocycles. The minimum absolute atomic E-state index is 0.0664. The van der Waals surface area contributed by atoms with Crippen LogP contribution in [0.3, 0.4) is 0 Å². The average Bonchev–Trinajstić information content (AvgIpc) is 2.47. The molecule has 0 aromatic rings. The van der Waals surface area contributed by atoms with Crippen LogP contribution < -0.4 is 5.73 Å². The van der Waals surface area contributed by atoms with Gasteiger partial charge < -0.3 is 20.3 Å². The van der Waals surface area contributed by atoms with Crippen LogP contribution in [0.1, 0.15) is 39.5 Å². The van der Waals surface area contributed by atoms with E-state index in [-0.39, 0.29) is 11.0 Å². The van der Waals surface area contributed by atoms with Gasteiger partial charge in [-0.25, -0.2) is 0 Å². The summed E-state index contributed by atoms with van der Waals surface area (Å²) in [6, 6.07) is 0.745. The Hall–Kier alpha value is -0.160. The third-order valence-corrected chi connectivity index (χ3v) is 6.67. The van der Waals surface area contributed by atoms with Crippen molar-refractivity contribution in [1.29, 1.82) is 0 Å². The number of rotatable bonds is 3. The summed E-state index contributed by atoms with van der Waals surface area (Å²) in [4.78, 5) is 4.97. The Morgan fingerprint density at radius 3 is 2.48 bits per heavy atom. The molecule has 1 saturated carbocycles. The van der Waals surface area contributed by atoms with Crippen LogP contribution in [0, 0.1) is 11.3 Å². The molecule has 21 heavy (non-hydrogen) atoms. The first-order valence-electron chi connectivity index (χ1n) is 8.65. The molecule has 3 fully saturated rings. The molecule has 3 atom stereocenters. The van der Waals surface area contributed by atoms with Crippen LogP contribution in [0.2, 0.25) is 0 Å². The Morgan fingerprint density at radius 2 is 1.86 bits per heavy atom. The molecule has 0 radical (unpaired) electrons. The molecule has 4 nitrogen and oxygen atoms in total. The van der Waals surface area contributed by atoms with E-state index < -0.39 is 0 Å². The zero-order valence-electron chi connectivity index (χ0n) is 14.3. The minimum atomic E-state index is -0.0664. The predicted octanol–water partition coefficient (Wildman–Crippen LogP) is 1.54. The summed E-state index contributed by atoms with van der Waals surface area (Å²) in [7, 11) is 4.40. The smallest absolute Gasteiger partial charge is 0.0690 e. The van der Waals surface area contributed by atoms with Crippen molar-refractivity contribution in [2.45, 2.75) is 57.2 Å². The summed E-state index contributed by atoms with van der Waals surface area (Å²) < 4.78 is 6.02. The summed E-state index contributed by atoms with van der Waals surface area (Å²) >= 11 is 0. The molecule has 4 heteroatoms. The Bertz CT molecular complexity index is 376. The van der Waals surface area contributed by atoms with Crippen molar-refractivity contribution in [3.8, 4) is 0 Å². The summed E-state index contributed by atoms with van der Waals surface area (Å²) in [6.45, 7) is 8.98. The molecule has 2 aliphatic heterocycles. The second kappa shape index (κ2) is 5.48. The fraction of sp³-hybridized carbons (Fsp3) is 1.00. The van der Waals surface area contributed by atoms with E-state index in [9.17, 15) is 0 Å². The molecule has 0 bridgehead atoms. The van der Waals surface area contributed by atoms with Crippen molar-refractivity contribution < 1.29 is 4.74 Å². The molecule has 122 valence electrons. The molecule has 0 amide bonds. The van der Waals surface area contributed by atoms with E-state index in [1.54, 1.807) is 0 Å². The molecule has 0 aromatic carbocycles. The molecule has 3 aliphatic rings. The molecule has 3 rings (SSSR count). The quantitative estimate of drug-likeness (QED) is 0.858. The fourth-order valence-electron chi connectivity index (χ4n) is 4.95. The van der Waals surface area contributed by atoms with Crippen molar-refractivity contribution in [2.75, 3.05) is 40.3 Å². The third kappa shape index (κ3) is 2.44. The fourth-order valence-corrected chi connectivity index (χ4v) is 4.95. The average molecular weight is 295 g/mol. The number of fused-ring (bicyclic) bond motifs is 1. The second-order valence-electron chi connectivity index (χ2n) is 8.27.